The van der Waals surface area contributed by atoms with Crippen molar-refractivity contribution in [1.82, 2.24) is 14.9 Å². The van der Waals surface area contributed by atoms with Crippen LogP contribution in [0.15, 0.2) is 53.5 Å². The number of carbonyl (C=O) groups excluding carboxylic acids is 2. The van der Waals surface area contributed by atoms with Gasteiger partial charge in [0, 0.05) is 30.3 Å². The molecule has 0 bridgehead atoms. The van der Waals surface area contributed by atoms with E-state index in [2.05, 4.69) is 15.6 Å². The van der Waals surface area contributed by atoms with Crippen molar-refractivity contribution in [2.24, 2.45) is 11.8 Å². The molecule has 0 aliphatic heterocycles. The van der Waals surface area contributed by atoms with Gasteiger partial charge in [0.05, 0.1) is 11.5 Å². The third-order valence-electron chi connectivity index (χ3n) is 7.25. The molecule has 2 amide bonds. The lowest BCUT2D eigenvalue weighted by atomic mass is 10.0. The van der Waals surface area contributed by atoms with Gasteiger partial charge in [-0.2, -0.15) is 18.2 Å². The number of nitrogens with zero attached hydrogens (tertiary/aromatic N) is 2. The normalized spacial score (nSPS) is 22.1. The van der Waals surface area contributed by atoms with Crippen LogP contribution in [0, 0.1) is 24.6 Å². The summed E-state index contributed by atoms with van der Waals surface area (Å²) in [5, 5.41) is 5.58. The van der Waals surface area contributed by atoms with Gasteiger partial charge in [-0.25, -0.2) is 9.18 Å². The van der Waals surface area contributed by atoms with Gasteiger partial charge in [0.1, 0.15) is 16.6 Å². The predicted octanol–water partition coefficient (Wildman–Crippen LogP) is 4.26. The molecule has 2 fully saturated rings. The highest BCUT2D eigenvalue weighted by atomic mass is 35.5. The van der Waals surface area contributed by atoms with Crippen LogP contribution in [0.4, 0.5) is 29.1 Å². The number of amides is 2. The zero-order valence-electron chi connectivity index (χ0n) is 21.1. The number of hydrogen-bond donors (Lipinski definition) is 3. The molecule has 0 saturated heterocycles. The molecule has 13 heteroatoms. The molecule has 3 aromatic rings. The van der Waals surface area contributed by atoms with Gasteiger partial charge in [-0.1, -0.05) is 23.7 Å². The molecule has 1 heterocycles. The van der Waals surface area contributed by atoms with E-state index in [0.29, 0.717) is 17.8 Å². The minimum absolute atomic E-state index is 0.0300. The summed E-state index contributed by atoms with van der Waals surface area (Å²) < 4.78 is 55.3. The molecule has 210 valence electrons. The average Bonchev–Trinajstić information content (AvgIpc) is 3.80. The highest BCUT2D eigenvalue weighted by molar-refractivity contribution is 6.28. The molecule has 0 spiro atoms. The number of aromatic nitrogens is 2. The van der Waals surface area contributed by atoms with Gasteiger partial charge in [0.15, 0.2) is 0 Å². The van der Waals surface area contributed by atoms with Crippen LogP contribution in [-0.2, 0) is 27.3 Å². The highest BCUT2D eigenvalue weighted by Gasteiger charge is 2.70. The van der Waals surface area contributed by atoms with Crippen LogP contribution in [0.1, 0.15) is 41.0 Å². The van der Waals surface area contributed by atoms with E-state index in [4.69, 9.17) is 17.3 Å². The number of nitrogen functional groups attached to an aromatic ring is 1. The van der Waals surface area contributed by atoms with Crippen molar-refractivity contribution < 1.29 is 27.2 Å². The number of alkyl halides is 4. The molecule has 3 unspecified atom stereocenters. The highest BCUT2D eigenvalue weighted by Crippen LogP contribution is 2.65. The van der Waals surface area contributed by atoms with Gasteiger partial charge in [-0.15, -0.1) is 0 Å². The number of benzene rings is 2. The number of nitrogens with one attached hydrogen (secondary N) is 2. The summed E-state index contributed by atoms with van der Waals surface area (Å²) in [7, 11) is 0. The number of aryl methyl sites for hydroxylation is 1. The SMILES string of the molecule is Cc1ccc(NC(=O)C2C(c3ccc(F)c(C(F)(F)F)c3)C2(Cl)n2ccc(N)nc2=O)cc1CNC(=O)C1CC1. The van der Waals surface area contributed by atoms with Gasteiger partial charge in [-0.3, -0.25) is 14.2 Å². The number of anilines is 2. The predicted molar refractivity (Wildman–Crippen MR) is 139 cm³/mol. The summed E-state index contributed by atoms with van der Waals surface area (Å²) in [6.45, 7) is 2.09. The van der Waals surface area contributed by atoms with Crippen LogP contribution < -0.4 is 22.1 Å². The topological polar surface area (TPSA) is 119 Å². The fraction of sp³-hybridized carbons (Fsp3) is 0.333. The maximum atomic E-state index is 14.0. The largest absolute Gasteiger partial charge is 0.419 e. The number of nitrogens with two attached hydrogens (primary N) is 1. The maximum absolute atomic E-state index is 14.0. The lowest BCUT2D eigenvalue weighted by Gasteiger charge is -2.15. The quantitative estimate of drug-likeness (QED) is 0.286. The molecule has 0 radical (unpaired) electrons. The standard InChI is InChI=1S/C27H24ClF4N5O3/c1-13-2-6-17(10-16(13)12-34-23(38)14-3-4-14)35-24(39)22-21(15-5-7-19(29)18(11-15)27(30,31)32)26(22,28)37-9-8-20(33)36-25(37)40/h2,5-11,14,21-22H,3-4,12H2,1H3,(H,34,38)(H,35,39)(H2,33,36,40). The molecular weight excluding hydrogens is 554 g/mol. The minimum Gasteiger partial charge on any atom is -0.383 e. The number of carbonyl (C=O) groups is 2. The summed E-state index contributed by atoms with van der Waals surface area (Å²) in [4.78, 5) is 40.0. The van der Waals surface area contributed by atoms with Crippen molar-refractivity contribution in [2.45, 2.75) is 43.4 Å². The fourth-order valence-electron chi connectivity index (χ4n) is 4.87. The van der Waals surface area contributed by atoms with Gasteiger partial charge in [0.2, 0.25) is 11.8 Å². The Balaban J connectivity index is 1.46. The summed E-state index contributed by atoms with van der Waals surface area (Å²) in [6.07, 6.45) is -2.07. The Hall–Kier alpha value is -3.93. The first-order valence-electron chi connectivity index (χ1n) is 12.4. The lowest BCUT2D eigenvalue weighted by Crippen LogP contribution is -2.32. The zero-order chi connectivity index (χ0) is 29.0. The number of rotatable bonds is 7. The van der Waals surface area contributed by atoms with Gasteiger partial charge >= 0.3 is 11.9 Å². The average molecular weight is 578 g/mol. The molecule has 2 saturated carbocycles. The molecule has 2 aromatic carbocycles. The Morgan fingerprint density at radius 2 is 1.88 bits per heavy atom. The molecule has 1 aromatic heterocycles. The van der Waals surface area contributed by atoms with E-state index < -0.39 is 46.0 Å². The van der Waals surface area contributed by atoms with Gasteiger partial charge in [0.25, 0.3) is 0 Å². The zero-order valence-corrected chi connectivity index (χ0v) is 21.8. The lowest BCUT2D eigenvalue weighted by molar-refractivity contribution is -0.140. The third kappa shape index (κ3) is 5.15. The van der Waals surface area contributed by atoms with Crippen molar-refractivity contribution in [3.8, 4) is 0 Å². The van der Waals surface area contributed by atoms with Gasteiger partial charge < -0.3 is 16.4 Å². The van der Waals surface area contributed by atoms with E-state index >= 15 is 0 Å². The van der Waals surface area contributed by atoms with Crippen molar-refractivity contribution in [3.05, 3.63) is 87.2 Å². The molecular formula is C27H24ClF4N5O3. The maximum Gasteiger partial charge on any atom is 0.419 e. The van der Waals surface area contributed by atoms with E-state index in [-0.39, 0.29) is 29.8 Å². The van der Waals surface area contributed by atoms with Crippen molar-refractivity contribution in [1.29, 1.82) is 0 Å². The second-order valence-corrected chi connectivity index (χ2v) is 10.7. The first kappa shape index (κ1) is 27.6. The summed E-state index contributed by atoms with van der Waals surface area (Å²) in [6, 6.07) is 8.65. The first-order valence-corrected chi connectivity index (χ1v) is 12.8. The first-order chi connectivity index (χ1) is 18.8. The van der Waals surface area contributed by atoms with Crippen LogP contribution >= 0.6 is 11.6 Å². The molecule has 2 aliphatic rings. The monoisotopic (exact) mass is 577 g/mol. The molecule has 2 aliphatic carbocycles. The Morgan fingerprint density at radius 1 is 1.15 bits per heavy atom. The summed E-state index contributed by atoms with van der Waals surface area (Å²) >= 11 is 6.84. The van der Waals surface area contributed by atoms with Gasteiger partial charge in [-0.05, 0) is 66.8 Å². The van der Waals surface area contributed by atoms with E-state index in [1.165, 1.54) is 12.3 Å². The van der Waals surface area contributed by atoms with Crippen LogP contribution in [-0.4, -0.2) is 21.4 Å². The van der Waals surface area contributed by atoms with Crippen LogP contribution in [0.25, 0.3) is 0 Å². The Labute approximate surface area is 230 Å². The van der Waals surface area contributed by atoms with E-state index in [1.807, 2.05) is 6.92 Å². The summed E-state index contributed by atoms with van der Waals surface area (Å²) in [5.74, 6) is -4.65. The Morgan fingerprint density at radius 3 is 2.52 bits per heavy atom. The second kappa shape index (κ2) is 9.92. The number of halogens is 5. The molecule has 4 N–H and O–H groups in total. The van der Waals surface area contributed by atoms with Crippen LogP contribution in [0.2, 0.25) is 0 Å². The Kier molecular flexibility index (Phi) is 6.85. The van der Waals surface area contributed by atoms with Crippen molar-refractivity contribution in [2.75, 3.05) is 11.1 Å². The molecule has 8 nitrogen and oxygen atoms in total. The van der Waals surface area contributed by atoms with Crippen LogP contribution in [0.5, 0.6) is 0 Å². The third-order valence-corrected chi connectivity index (χ3v) is 7.90. The van der Waals surface area contributed by atoms with Crippen molar-refractivity contribution in [3.63, 3.8) is 0 Å². The Bertz CT molecular complexity index is 1570. The van der Waals surface area contributed by atoms with E-state index in [1.54, 1.807) is 18.2 Å². The molecule has 40 heavy (non-hydrogen) atoms. The second-order valence-electron chi connectivity index (χ2n) is 10.0. The fourth-order valence-corrected chi connectivity index (χ4v) is 5.41. The smallest absolute Gasteiger partial charge is 0.383 e. The number of hydrogen-bond acceptors (Lipinski definition) is 5. The van der Waals surface area contributed by atoms with Crippen LogP contribution in [0.3, 0.4) is 0 Å². The molecule has 5 rings (SSSR count). The molecule has 3 atom stereocenters. The minimum atomic E-state index is -4.99. The summed E-state index contributed by atoms with van der Waals surface area (Å²) in [5.41, 5.74) is 5.04. The van der Waals surface area contributed by atoms with Crippen molar-refractivity contribution >= 4 is 34.9 Å². The van der Waals surface area contributed by atoms with E-state index in [0.717, 1.165) is 34.6 Å². The van der Waals surface area contributed by atoms with E-state index in [9.17, 15) is 31.9 Å².